The molecule has 0 unspecified atom stereocenters. The second kappa shape index (κ2) is 10.6. The number of carbonyl (C=O) groups excluding carboxylic acids is 2. The number of aromatic nitrogens is 1. The van der Waals surface area contributed by atoms with Gasteiger partial charge >= 0.3 is 0 Å². The summed E-state index contributed by atoms with van der Waals surface area (Å²) in [6, 6.07) is 8.08. The molecular weight excluding hydrogens is 393 g/mol. The van der Waals surface area contributed by atoms with E-state index in [1.54, 1.807) is 37.3 Å². The monoisotopic (exact) mass is 411 g/mol. The second-order valence-corrected chi connectivity index (χ2v) is 6.16. The Morgan fingerprint density at radius 3 is 2.70 bits per heavy atom. The molecule has 1 aromatic heterocycles. The molecule has 7 nitrogen and oxygen atoms in total. The molecule has 0 fully saturated rings. The highest BCUT2D eigenvalue weighted by Crippen LogP contribution is 2.27. The first-order valence-corrected chi connectivity index (χ1v) is 9.01. The Balaban J connectivity index is 1.72. The van der Waals surface area contributed by atoms with Crippen LogP contribution >= 0.6 is 23.2 Å². The van der Waals surface area contributed by atoms with Crippen molar-refractivity contribution >= 4 is 35.0 Å². The van der Waals surface area contributed by atoms with Gasteiger partial charge in [0, 0.05) is 17.6 Å². The molecule has 0 atom stereocenters. The number of halogens is 2. The minimum Gasteiger partial charge on any atom is -0.492 e. The zero-order chi connectivity index (χ0) is 19.6. The minimum atomic E-state index is -0.510. The van der Waals surface area contributed by atoms with Gasteiger partial charge in [0.1, 0.15) is 11.3 Å². The fraction of sp³-hybridized carbons (Fsp3) is 0.278. The molecule has 2 amide bonds. The number of benzene rings is 1. The second-order valence-electron chi connectivity index (χ2n) is 5.32. The summed E-state index contributed by atoms with van der Waals surface area (Å²) in [6.45, 7) is 2.46. The zero-order valence-corrected chi connectivity index (χ0v) is 16.1. The number of hydrogen-bond acceptors (Lipinski definition) is 5. The van der Waals surface area contributed by atoms with Crippen molar-refractivity contribution in [1.82, 2.24) is 15.8 Å². The molecule has 0 spiro atoms. The molecule has 9 heteroatoms. The lowest BCUT2D eigenvalue weighted by Gasteiger charge is -2.11. The lowest BCUT2D eigenvalue weighted by molar-refractivity contribution is -0.122. The quantitative estimate of drug-likeness (QED) is 0.513. The number of pyridine rings is 1. The molecule has 1 aromatic carbocycles. The van der Waals surface area contributed by atoms with Crippen molar-refractivity contribution in [2.75, 3.05) is 13.2 Å². The number of nitrogens with zero attached hydrogens (tertiary/aromatic N) is 1. The summed E-state index contributed by atoms with van der Waals surface area (Å²) in [5.74, 6) is -0.157. The average Bonchev–Trinajstić information content (AvgIpc) is 2.65. The lowest BCUT2D eigenvalue weighted by atomic mass is 10.2. The molecule has 0 saturated carbocycles. The van der Waals surface area contributed by atoms with E-state index < -0.39 is 5.91 Å². The van der Waals surface area contributed by atoms with Crippen molar-refractivity contribution in [2.45, 2.75) is 19.8 Å². The fourth-order valence-electron chi connectivity index (χ4n) is 2.08. The summed E-state index contributed by atoms with van der Waals surface area (Å²) in [6.07, 6.45) is 2.13. The van der Waals surface area contributed by atoms with Gasteiger partial charge in [-0.25, -0.2) is 4.98 Å². The Hall–Kier alpha value is -2.51. The number of nitrogens with one attached hydrogen (secondary N) is 2. The molecule has 1 heterocycles. The van der Waals surface area contributed by atoms with Crippen molar-refractivity contribution in [2.24, 2.45) is 0 Å². The van der Waals surface area contributed by atoms with Crippen LogP contribution in [0.3, 0.4) is 0 Å². The Bertz CT molecular complexity index is 802. The maximum absolute atomic E-state index is 12.1. The van der Waals surface area contributed by atoms with Crippen molar-refractivity contribution in [3.8, 4) is 11.6 Å². The van der Waals surface area contributed by atoms with Gasteiger partial charge in [0.25, 0.3) is 5.91 Å². The van der Waals surface area contributed by atoms with Crippen LogP contribution in [0.2, 0.25) is 10.0 Å². The Morgan fingerprint density at radius 1 is 1.15 bits per heavy atom. The molecule has 0 aliphatic carbocycles. The SMILES string of the molecule is CCOc1ncccc1C(=O)NNC(=O)CCCOc1ccc(Cl)cc1Cl. The molecule has 2 aromatic rings. The van der Waals surface area contributed by atoms with Crippen LogP contribution in [0.1, 0.15) is 30.1 Å². The first kappa shape index (κ1) is 20.8. The Labute approximate surface area is 166 Å². The van der Waals surface area contributed by atoms with Gasteiger partial charge in [-0.15, -0.1) is 0 Å². The van der Waals surface area contributed by atoms with Crippen LogP contribution < -0.4 is 20.3 Å². The third-order valence-electron chi connectivity index (χ3n) is 3.31. The first-order valence-electron chi connectivity index (χ1n) is 8.26. The van der Waals surface area contributed by atoms with Crippen molar-refractivity contribution < 1.29 is 19.1 Å². The van der Waals surface area contributed by atoms with Crippen molar-refractivity contribution in [3.63, 3.8) is 0 Å². The van der Waals surface area contributed by atoms with Crippen LogP contribution in [0.25, 0.3) is 0 Å². The maximum atomic E-state index is 12.1. The van der Waals surface area contributed by atoms with Gasteiger partial charge in [-0.1, -0.05) is 23.2 Å². The number of hydrogen-bond donors (Lipinski definition) is 2. The maximum Gasteiger partial charge on any atom is 0.275 e. The molecule has 0 aliphatic heterocycles. The molecule has 0 bridgehead atoms. The number of ether oxygens (including phenoxy) is 2. The van der Waals surface area contributed by atoms with E-state index in [0.29, 0.717) is 35.4 Å². The van der Waals surface area contributed by atoms with Crippen LogP contribution in [0.15, 0.2) is 36.5 Å². The molecule has 2 N–H and O–H groups in total. The van der Waals surface area contributed by atoms with Gasteiger partial charge < -0.3 is 9.47 Å². The van der Waals surface area contributed by atoms with Gasteiger partial charge in [-0.05, 0) is 43.7 Å². The highest BCUT2D eigenvalue weighted by Gasteiger charge is 2.14. The molecular formula is C18H19Cl2N3O4. The topological polar surface area (TPSA) is 89.5 Å². The molecule has 144 valence electrons. The fourth-order valence-corrected chi connectivity index (χ4v) is 2.54. The van der Waals surface area contributed by atoms with Gasteiger partial charge in [-0.2, -0.15) is 0 Å². The molecule has 0 aliphatic rings. The van der Waals surface area contributed by atoms with E-state index in [4.69, 9.17) is 32.7 Å². The van der Waals surface area contributed by atoms with E-state index in [2.05, 4.69) is 15.8 Å². The number of carbonyl (C=O) groups is 2. The van der Waals surface area contributed by atoms with Crippen molar-refractivity contribution in [1.29, 1.82) is 0 Å². The standard InChI is InChI=1S/C18H19Cl2N3O4/c1-2-26-18-13(5-3-9-21-18)17(25)23-22-16(24)6-4-10-27-15-8-7-12(19)11-14(15)20/h3,5,7-9,11H,2,4,6,10H2,1H3,(H,22,24)(H,23,25). The van der Waals surface area contributed by atoms with Crippen LogP contribution in [0, 0.1) is 0 Å². The average molecular weight is 412 g/mol. The van der Waals surface area contributed by atoms with E-state index >= 15 is 0 Å². The summed E-state index contributed by atoms with van der Waals surface area (Å²) >= 11 is 11.8. The highest BCUT2D eigenvalue weighted by molar-refractivity contribution is 6.35. The predicted molar refractivity (Wildman–Crippen MR) is 102 cm³/mol. The number of amides is 2. The van der Waals surface area contributed by atoms with Crippen LogP contribution in [0.5, 0.6) is 11.6 Å². The largest absolute Gasteiger partial charge is 0.492 e. The lowest BCUT2D eigenvalue weighted by Crippen LogP contribution is -2.41. The summed E-state index contributed by atoms with van der Waals surface area (Å²) in [5.41, 5.74) is 4.92. The van der Waals surface area contributed by atoms with Crippen molar-refractivity contribution in [3.05, 3.63) is 52.1 Å². The Kier molecular flexibility index (Phi) is 8.16. The summed E-state index contributed by atoms with van der Waals surface area (Å²) in [5, 5.41) is 0.921. The number of rotatable bonds is 8. The van der Waals surface area contributed by atoms with E-state index in [9.17, 15) is 9.59 Å². The molecule has 27 heavy (non-hydrogen) atoms. The minimum absolute atomic E-state index is 0.164. The van der Waals surface area contributed by atoms with E-state index in [1.165, 1.54) is 6.20 Å². The van der Waals surface area contributed by atoms with Crippen LogP contribution in [0.4, 0.5) is 0 Å². The summed E-state index contributed by atoms with van der Waals surface area (Å²) in [4.78, 5) is 28.0. The van der Waals surface area contributed by atoms with Crippen LogP contribution in [-0.2, 0) is 4.79 Å². The first-order chi connectivity index (χ1) is 13.0. The van der Waals surface area contributed by atoms with Crippen LogP contribution in [-0.4, -0.2) is 30.0 Å². The Morgan fingerprint density at radius 2 is 1.96 bits per heavy atom. The van der Waals surface area contributed by atoms with E-state index in [1.807, 2.05) is 0 Å². The summed E-state index contributed by atoms with van der Waals surface area (Å²) < 4.78 is 10.8. The normalized spacial score (nSPS) is 10.2. The van der Waals surface area contributed by atoms with Gasteiger partial charge in [0.05, 0.1) is 18.2 Å². The predicted octanol–water partition coefficient (Wildman–Crippen LogP) is 3.41. The third-order valence-corrected chi connectivity index (χ3v) is 3.84. The van der Waals surface area contributed by atoms with Gasteiger partial charge in [0.15, 0.2) is 0 Å². The molecule has 0 saturated heterocycles. The highest BCUT2D eigenvalue weighted by atomic mass is 35.5. The smallest absolute Gasteiger partial charge is 0.275 e. The summed E-state index contributed by atoms with van der Waals surface area (Å²) in [7, 11) is 0. The van der Waals surface area contributed by atoms with Gasteiger partial charge in [0.2, 0.25) is 11.8 Å². The molecule has 2 rings (SSSR count). The molecule has 0 radical (unpaired) electrons. The van der Waals surface area contributed by atoms with E-state index in [0.717, 1.165) is 0 Å². The number of hydrazine groups is 1. The van der Waals surface area contributed by atoms with Gasteiger partial charge in [-0.3, -0.25) is 20.4 Å². The third kappa shape index (κ3) is 6.62. The van der Waals surface area contributed by atoms with E-state index in [-0.39, 0.29) is 23.8 Å². The zero-order valence-electron chi connectivity index (χ0n) is 14.6.